The van der Waals surface area contributed by atoms with Gasteiger partial charge in [0.05, 0.1) is 4.34 Å². The zero-order valence-electron chi connectivity index (χ0n) is 11.5. The summed E-state index contributed by atoms with van der Waals surface area (Å²) in [5.74, 6) is 0. The number of halogens is 1. The van der Waals surface area contributed by atoms with E-state index in [2.05, 4.69) is 24.9 Å². The van der Waals surface area contributed by atoms with E-state index in [4.69, 9.17) is 17.3 Å². The maximum atomic E-state index is 5.95. The van der Waals surface area contributed by atoms with Crippen LogP contribution in [0.4, 0.5) is 0 Å². The molecule has 0 aromatic carbocycles. The Morgan fingerprint density at radius 2 is 2.11 bits per heavy atom. The van der Waals surface area contributed by atoms with Crippen molar-refractivity contribution in [3.63, 3.8) is 0 Å². The fourth-order valence-corrected chi connectivity index (χ4v) is 3.29. The van der Waals surface area contributed by atoms with Crippen molar-refractivity contribution in [1.29, 1.82) is 0 Å². The standard InChI is InChI=1S/C14H25ClN2S/c1-3-4-5-6-7-12(10-16)17(2)11-13-8-9-14(15)18-13/h8-9,12H,3-7,10-11,16H2,1-2H3. The molecule has 0 bridgehead atoms. The van der Waals surface area contributed by atoms with Crippen molar-refractivity contribution in [2.45, 2.75) is 51.6 Å². The molecule has 0 fully saturated rings. The minimum Gasteiger partial charge on any atom is -0.329 e. The zero-order valence-corrected chi connectivity index (χ0v) is 13.1. The highest BCUT2D eigenvalue weighted by molar-refractivity contribution is 7.16. The maximum Gasteiger partial charge on any atom is 0.0931 e. The molecule has 4 heteroatoms. The molecule has 0 saturated heterocycles. The Bertz CT molecular complexity index is 327. The van der Waals surface area contributed by atoms with E-state index >= 15 is 0 Å². The molecule has 0 saturated carbocycles. The number of nitrogens with two attached hydrogens (primary N) is 1. The zero-order chi connectivity index (χ0) is 13.4. The number of nitrogens with zero attached hydrogens (tertiary/aromatic N) is 1. The largest absolute Gasteiger partial charge is 0.329 e. The van der Waals surface area contributed by atoms with Gasteiger partial charge in [-0.3, -0.25) is 4.90 Å². The molecule has 104 valence electrons. The van der Waals surface area contributed by atoms with E-state index in [0.29, 0.717) is 6.04 Å². The summed E-state index contributed by atoms with van der Waals surface area (Å²) in [6, 6.07) is 4.56. The van der Waals surface area contributed by atoms with Gasteiger partial charge in [-0.15, -0.1) is 11.3 Å². The summed E-state index contributed by atoms with van der Waals surface area (Å²) in [6.07, 6.45) is 6.43. The van der Waals surface area contributed by atoms with Gasteiger partial charge in [0.1, 0.15) is 0 Å². The summed E-state index contributed by atoms with van der Waals surface area (Å²) in [7, 11) is 2.16. The Morgan fingerprint density at radius 3 is 2.67 bits per heavy atom. The van der Waals surface area contributed by atoms with Crippen molar-refractivity contribution in [3.05, 3.63) is 21.3 Å². The van der Waals surface area contributed by atoms with Crippen molar-refractivity contribution < 1.29 is 0 Å². The second kappa shape index (κ2) is 8.92. The van der Waals surface area contributed by atoms with Crippen LogP contribution in [0.15, 0.2) is 12.1 Å². The fourth-order valence-electron chi connectivity index (χ4n) is 2.14. The predicted octanol–water partition coefficient (Wildman–Crippen LogP) is 4.13. The lowest BCUT2D eigenvalue weighted by atomic mass is 10.1. The van der Waals surface area contributed by atoms with Gasteiger partial charge in [0.15, 0.2) is 0 Å². The molecule has 1 atom stereocenters. The molecular formula is C14H25ClN2S. The fraction of sp³-hybridized carbons (Fsp3) is 0.714. The van der Waals surface area contributed by atoms with Crippen LogP contribution in [0, 0.1) is 0 Å². The van der Waals surface area contributed by atoms with Crippen LogP contribution in [0.25, 0.3) is 0 Å². The summed E-state index contributed by atoms with van der Waals surface area (Å²) < 4.78 is 0.866. The third-order valence-electron chi connectivity index (χ3n) is 3.32. The van der Waals surface area contributed by atoms with Crippen molar-refractivity contribution in [2.24, 2.45) is 5.73 Å². The minimum atomic E-state index is 0.489. The number of hydrogen-bond acceptors (Lipinski definition) is 3. The number of rotatable bonds is 9. The highest BCUT2D eigenvalue weighted by Crippen LogP contribution is 2.23. The van der Waals surface area contributed by atoms with Crippen LogP contribution in [0.1, 0.15) is 43.9 Å². The van der Waals surface area contributed by atoms with E-state index in [1.54, 1.807) is 11.3 Å². The van der Waals surface area contributed by atoms with Gasteiger partial charge in [-0.25, -0.2) is 0 Å². The van der Waals surface area contributed by atoms with E-state index < -0.39 is 0 Å². The molecule has 1 heterocycles. The topological polar surface area (TPSA) is 29.3 Å². The third kappa shape index (κ3) is 5.70. The van der Waals surface area contributed by atoms with Crippen molar-refractivity contribution in [3.8, 4) is 0 Å². The van der Waals surface area contributed by atoms with E-state index in [9.17, 15) is 0 Å². The molecule has 18 heavy (non-hydrogen) atoms. The Kier molecular flexibility index (Phi) is 7.91. The Labute approximate surface area is 120 Å². The molecule has 2 nitrogen and oxygen atoms in total. The van der Waals surface area contributed by atoms with E-state index in [1.165, 1.54) is 37.0 Å². The van der Waals surface area contributed by atoms with Crippen molar-refractivity contribution in [2.75, 3.05) is 13.6 Å². The highest BCUT2D eigenvalue weighted by Gasteiger charge is 2.13. The van der Waals surface area contributed by atoms with Crippen molar-refractivity contribution in [1.82, 2.24) is 4.90 Å². The summed E-state index contributed by atoms with van der Waals surface area (Å²) in [4.78, 5) is 3.67. The second-order valence-electron chi connectivity index (χ2n) is 4.86. The molecule has 0 spiro atoms. The molecule has 0 aliphatic rings. The molecule has 2 N–H and O–H groups in total. The SMILES string of the molecule is CCCCCCC(CN)N(C)Cc1ccc(Cl)s1. The van der Waals surface area contributed by atoms with Gasteiger partial charge in [-0.05, 0) is 25.6 Å². The van der Waals surface area contributed by atoms with Gasteiger partial charge in [-0.1, -0.05) is 44.2 Å². The molecule has 1 aromatic heterocycles. The molecule has 0 amide bonds. The lowest BCUT2D eigenvalue weighted by molar-refractivity contribution is 0.224. The Balaban J connectivity index is 2.34. The molecule has 0 aliphatic heterocycles. The summed E-state index contributed by atoms with van der Waals surface area (Å²) in [5, 5.41) is 0. The van der Waals surface area contributed by atoms with Crippen molar-refractivity contribution >= 4 is 22.9 Å². The summed E-state index contributed by atoms with van der Waals surface area (Å²) in [5.41, 5.74) is 5.88. The van der Waals surface area contributed by atoms with Gasteiger partial charge in [0.2, 0.25) is 0 Å². The first-order valence-electron chi connectivity index (χ1n) is 6.81. The number of hydrogen-bond donors (Lipinski definition) is 1. The predicted molar refractivity (Wildman–Crippen MR) is 82.4 cm³/mol. The minimum absolute atomic E-state index is 0.489. The molecule has 1 aromatic rings. The van der Waals surface area contributed by atoms with Crippen LogP contribution < -0.4 is 5.73 Å². The molecule has 1 unspecified atom stereocenters. The van der Waals surface area contributed by atoms with E-state index in [1.807, 2.05) is 6.07 Å². The van der Waals surface area contributed by atoms with Gasteiger partial charge in [-0.2, -0.15) is 0 Å². The monoisotopic (exact) mass is 288 g/mol. The smallest absolute Gasteiger partial charge is 0.0931 e. The molecule has 0 radical (unpaired) electrons. The first-order chi connectivity index (χ1) is 8.67. The van der Waals surface area contributed by atoms with Crippen LogP contribution in [0.5, 0.6) is 0 Å². The van der Waals surface area contributed by atoms with Crippen LogP contribution in [-0.4, -0.2) is 24.5 Å². The van der Waals surface area contributed by atoms with Crippen LogP contribution in [-0.2, 0) is 6.54 Å². The Morgan fingerprint density at radius 1 is 1.33 bits per heavy atom. The number of thiophene rings is 1. The van der Waals surface area contributed by atoms with Gasteiger partial charge in [0, 0.05) is 24.0 Å². The lowest BCUT2D eigenvalue weighted by Gasteiger charge is -2.26. The summed E-state index contributed by atoms with van der Waals surface area (Å²) in [6.45, 7) is 3.93. The lowest BCUT2D eigenvalue weighted by Crippen LogP contribution is -2.37. The van der Waals surface area contributed by atoms with E-state index in [-0.39, 0.29) is 0 Å². The average molecular weight is 289 g/mol. The first-order valence-corrected chi connectivity index (χ1v) is 8.01. The second-order valence-corrected chi connectivity index (χ2v) is 6.66. The summed E-state index contributed by atoms with van der Waals surface area (Å²) >= 11 is 7.61. The average Bonchev–Trinajstić information content (AvgIpc) is 2.75. The number of likely N-dealkylation sites (N-methyl/N-ethyl adjacent to an activating group) is 1. The van der Waals surface area contributed by atoms with Crippen LogP contribution >= 0.6 is 22.9 Å². The normalized spacial score (nSPS) is 13.2. The van der Waals surface area contributed by atoms with Gasteiger partial charge in [0.25, 0.3) is 0 Å². The maximum absolute atomic E-state index is 5.95. The van der Waals surface area contributed by atoms with Crippen LogP contribution in [0.3, 0.4) is 0 Å². The van der Waals surface area contributed by atoms with Crippen LogP contribution in [0.2, 0.25) is 4.34 Å². The third-order valence-corrected chi connectivity index (χ3v) is 4.54. The molecule has 1 rings (SSSR count). The van der Waals surface area contributed by atoms with Gasteiger partial charge < -0.3 is 5.73 Å². The molecule has 0 aliphatic carbocycles. The first kappa shape index (κ1) is 16.0. The van der Waals surface area contributed by atoms with E-state index in [0.717, 1.165) is 17.4 Å². The van der Waals surface area contributed by atoms with Gasteiger partial charge >= 0.3 is 0 Å². The quantitative estimate of drug-likeness (QED) is 0.692. The molecular weight excluding hydrogens is 264 g/mol. The highest BCUT2D eigenvalue weighted by atomic mass is 35.5. The Hall–Kier alpha value is -0.0900. The number of unbranched alkanes of at least 4 members (excludes halogenated alkanes) is 3.